The van der Waals surface area contributed by atoms with Gasteiger partial charge in [-0.15, -0.1) is 0 Å². The first-order valence-electron chi connectivity index (χ1n) is 6.34. The topological polar surface area (TPSA) is 69.6 Å². The lowest BCUT2D eigenvalue weighted by Crippen LogP contribution is -2.48. The van der Waals surface area contributed by atoms with Crippen LogP contribution in [0, 0.1) is 0 Å². The highest BCUT2D eigenvalue weighted by Gasteiger charge is 2.21. The minimum absolute atomic E-state index is 0.344. The molecule has 104 valence electrons. The summed E-state index contributed by atoms with van der Waals surface area (Å²) in [5.41, 5.74) is 0.868. The second kappa shape index (κ2) is 8.55. The van der Waals surface area contributed by atoms with Gasteiger partial charge >= 0.3 is 12.0 Å². The van der Waals surface area contributed by atoms with Crippen molar-refractivity contribution in [2.24, 2.45) is 0 Å². The van der Waals surface area contributed by atoms with Gasteiger partial charge in [-0.05, 0) is 20.3 Å². The van der Waals surface area contributed by atoms with Gasteiger partial charge in [-0.25, -0.2) is 9.59 Å². The fourth-order valence-electron chi connectivity index (χ4n) is 1.56. The number of carbonyl (C=O) groups excluding carboxylic acids is 1. The molecule has 0 aromatic carbocycles. The van der Waals surface area contributed by atoms with Gasteiger partial charge in [0.05, 0.1) is 0 Å². The predicted octanol–water partition coefficient (Wildman–Crippen LogP) is 2.24. The van der Waals surface area contributed by atoms with Crippen molar-refractivity contribution in [3.8, 4) is 0 Å². The van der Waals surface area contributed by atoms with Crippen molar-refractivity contribution < 1.29 is 14.7 Å². The molecular weight excluding hydrogens is 232 g/mol. The summed E-state index contributed by atoms with van der Waals surface area (Å²) in [4.78, 5) is 24.5. The van der Waals surface area contributed by atoms with E-state index in [1.165, 1.54) is 0 Å². The molecule has 0 saturated carbocycles. The van der Waals surface area contributed by atoms with E-state index < -0.39 is 12.0 Å². The third-order valence-electron chi connectivity index (χ3n) is 2.57. The zero-order valence-electron chi connectivity index (χ0n) is 11.5. The highest BCUT2D eigenvalue weighted by Crippen LogP contribution is 2.03. The number of likely N-dealkylation sites (N-methyl/N-ethyl adjacent to an activating group) is 1. The van der Waals surface area contributed by atoms with Crippen LogP contribution in [0.25, 0.3) is 0 Å². The van der Waals surface area contributed by atoms with Crippen LogP contribution in [0.15, 0.2) is 12.2 Å². The molecule has 0 aromatic heterocycles. The van der Waals surface area contributed by atoms with Crippen LogP contribution in [0.4, 0.5) is 4.79 Å². The summed E-state index contributed by atoms with van der Waals surface area (Å²) < 4.78 is 0. The molecular formula is C13H24N2O3. The molecule has 2 amide bonds. The van der Waals surface area contributed by atoms with Gasteiger partial charge in [0.25, 0.3) is 0 Å². The van der Waals surface area contributed by atoms with Crippen molar-refractivity contribution in [3.63, 3.8) is 0 Å². The number of hydrogen-bond donors (Lipinski definition) is 2. The molecule has 0 aliphatic heterocycles. The van der Waals surface area contributed by atoms with Crippen molar-refractivity contribution >= 4 is 12.0 Å². The number of nitrogens with zero attached hydrogens (tertiary/aromatic N) is 1. The molecule has 0 radical (unpaired) electrons. The monoisotopic (exact) mass is 256 g/mol. The number of nitrogens with one attached hydrogen (secondary N) is 1. The molecule has 0 fully saturated rings. The van der Waals surface area contributed by atoms with Crippen molar-refractivity contribution in [3.05, 3.63) is 12.2 Å². The molecule has 0 spiro atoms. The summed E-state index contributed by atoms with van der Waals surface area (Å²) in [5.74, 6) is -0.983. The zero-order valence-corrected chi connectivity index (χ0v) is 11.5. The van der Waals surface area contributed by atoms with Crippen molar-refractivity contribution in [1.29, 1.82) is 0 Å². The standard InChI is InChI=1S/C13H24N2O3/c1-5-7-8-11(12(16)17)14-13(18)15(6-2)9-10(3)4/h11H,3,5-9H2,1-2,4H3,(H,14,18)(H,16,17)/t11-/m0/s1. The van der Waals surface area contributed by atoms with E-state index >= 15 is 0 Å². The number of carbonyl (C=O) groups is 2. The Bertz CT molecular complexity index is 303. The lowest BCUT2D eigenvalue weighted by atomic mass is 10.1. The Kier molecular flexibility index (Phi) is 7.83. The normalized spacial score (nSPS) is 11.7. The first-order chi connectivity index (χ1) is 8.42. The summed E-state index contributed by atoms with van der Waals surface area (Å²) in [6.45, 7) is 10.4. The number of carboxylic acid groups (broad SMARTS) is 1. The number of carboxylic acids is 1. The van der Waals surface area contributed by atoms with Crippen LogP contribution in [0.2, 0.25) is 0 Å². The van der Waals surface area contributed by atoms with Gasteiger partial charge in [0.15, 0.2) is 0 Å². The molecule has 0 unspecified atom stereocenters. The van der Waals surface area contributed by atoms with Crippen LogP contribution in [0.1, 0.15) is 40.0 Å². The van der Waals surface area contributed by atoms with Crippen LogP contribution >= 0.6 is 0 Å². The van der Waals surface area contributed by atoms with Gasteiger partial charge in [0.1, 0.15) is 6.04 Å². The predicted molar refractivity (Wildman–Crippen MR) is 71.5 cm³/mol. The molecule has 2 N–H and O–H groups in total. The Morgan fingerprint density at radius 3 is 2.39 bits per heavy atom. The summed E-state index contributed by atoms with van der Waals surface area (Å²) in [7, 11) is 0. The van der Waals surface area contributed by atoms with Gasteiger partial charge in [-0.2, -0.15) is 0 Å². The second-order valence-electron chi connectivity index (χ2n) is 4.45. The number of amides is 2. The van der Waals surface area contributed by atoms with Gasteiger partial charge in [0.2, 0.25) is 0 Å². The molecule has 0 heterocycles. The Hall–Kier alpha value is -1.52. The first-order valence-corrected chi connectivity index (χ1v) is 6.34. The molecule has 0 saturated heterocycles. The first kappa shape index (κ1) is 16.5. The molecule has 5 heteroatoms. The molecule has 1 atom stereocenters. The van der Waals surface area contributed by atoms with Crippen LogP contribution in [0.3, 0.4) is 0 Å². The Morgan fingerprint density at radius 2 is 2.00 bits per heavy atom. The van der Waals surface area contributed by atoms with Crippen LogP contribution < -0.4 is 5.32 Å². The average Bonchev–Trinajstić information content (AvgIpc) is 2.30. The minimum atomic E-state index is -0.983. The lowest BCUT2D eigenvalue weighted by Gasteiger charge is -2.24. The maximum atomic E-state index is 11.9. The molecule has 0 aliphatic carbocycles. The number of unbranched alkanes of at least 4 members (excludes halogenated alkanes) is 1. The number of rotatable bonds is 8. The Labute approximate surface area is 109 Å². The average molecular weight is 256 g/mol. The smallest absolute Gasteiger partial charge is 0.326 e. The minimum Gasteiger partial charge on any atom is -0.480 e. The van der Waals surface area contributed by atoms with Gasteiger partial charge in [-0.3, -0.25) is 0 Å². The molecule has 18 heavy (non-hydrogen) atoms. The molecule has 0 rings (SSSR count). The molecule has 0 aromatic rings. The van der Waals surface area contributed by atoms with Crippen LogP contribution in [0.5, 0.6) is 0 Å². The second-order valence-corrected chi connectivity index (χ2v) is 4.45. The number of urea groups is 1. The third-order valence-corrected chi connectivity index (χ3v) is 2.57. The van der Waals surface area contributed by atoms with E-state index in [1.807, 2.05) is 20.8 Å². The number of aliphatic carboxylic acids is 1. The van der Waals surface area contributed by atoms with Crippen LogP contribution in [-0.4, -0.2) is 41.1 Å². The zero-order chi connectivity index (χ0) is 14.1. The van der Waals surface area contributed by atoms with E-state index in [4.69, 9.17) is 5.11 Å². The van der Waals surface area contributed by atoms with E-state index in [-0.39, 0.29) is 6.03 Å². The molecule has 0 aliphatic rings. The fourth-order valence-corrected chi connectivity index (χ4v) is 1.56. The number of hydrogen-bond acceptors (Lipinski definition) is 2. The highest BCUT2D eigenvalue weighted by molar-refractivity contribution is 5.82. The SMILES string of the molecule is C=C(C)CN(CC)C(=O)N[C@@H](CCCC)C(=O)O. The molecule has 5 nitrogen and oxygen atoms in total. The molecule has 0 bridgehead atoms. The van der Waals surface area contributed by atoms with Crippen molar-refractivity contribution in [2.75, 3.05) is 13.1 Å². The summed E-state index contributed by atoms with van der Waals surface area (Å²) in [5, 5.41) is 11.6. The quantitative estimate of drug-likeness (QED) is 0.654. The van der Waals surface area contributed by atoms with Crippen molar-refractivity contribution in [1.82, 2.24) is 10.2 Å². The summed E-state index contributed by atoms with van der Waals surface area (Å²) >= 11 is 0. The summed E-state index contributed by atoms with van der Waals surface area (Å²) in [6.07, 6.45) is 2.15. The van der Waals surface area contributed by atoms with Gasteiger partial charge in [-0.1, -0.05) is 31.9 Å². The van der Waals surface area contributed by atoms with E-state index in [0.717, 1.165) is 18.4 Å². The Morgan fingerprint density at radius 1 is 1.39 bits per heavy atom. The Balaban J connectivity index is 4.46. The highest BCUT2D eigenvalue weighted by atomic mass is 16.4. The third kappa shape index (κ3) is 6.27. The van der Waals surface area contributed by atoms with E-state index in [1.54, 1.807) is 4.90 Å². The van der Waals surface area contributed by atoms with Crippen LogP contribution in [-0.2, 0) is 4.79 Å². The van der Waals surface area contributed by atoms with Gasteiger partial charge in [0, 0.05) is 13.1 Å². The van der Waals surface area contributed by atoms with E-state index in [0.29, 0.717) is 19.5 Å². The maximum Gasteiger partial charge on any atom is 0.326 e. The van der Waals surface area contributed by atoms with E-state index in [2.05, 4.69) is 11.9 Å². The lowest BCUT2D eigenvalue weighted by molar-refractivity contribution is -0.139. The van der Waals surface area contributed by atoms with Gasteiger partial charge < -0.3 is 15.3 Å². The van der Waals surface area contributed by atoms with Crippen molar-refractivity contribution in [2.45, 2.75) is 46.1 Å². The fraction of sp³-hybridized carbons (Fsp3) is 0.692. The largest absolute Gasteiger partial charge is 0.480 e. The van der Waals surface area contributed by atoms with E-state index in [9.17, 15) is 9.59 Å². The summed E-state index contributed by atoms with van der Waals surface area (Å²) in [6, 6.07) is -1.15. The maximum absolute atomic E-state index is 11.9.